The second kappa shape index (κ2) is 8.48. The molecule has 134 valence electrons. The van der Waals surface area contributed by atoms with E-state index in [4.69, 9.17) is 0 Å². The lowest BCUT2D eigenvalue weighted by molar-refractivity contribution is -0.146. The molecule has 0 aromatic heterocycles. The highest BCUT2D eigenvalue weighted by atomic mass is 16.2. The van der Waals surface area contributed by atoms with Crippen molar-refractivity contribution < 1.29 is 4.79 Å². The molecule has 0 unspecified atom stereocenters. The smallest absolute Gasteiger partial charge is 0.222 e. The summed E-state index contributed by atoms with van der Waals surface area (Å²) in [5.74, 6) is 1.25. The van der Waals surface area contributed by atoms with Crippen LogP contribution in [0.4, 0.5) is 0 Å². The van der Waals surface area contributed by atoms with Crippen LogP contribution in [-0.2, 0) is 4.79 Å². The Morgan fingerprint density at radius 1 is 1.04 bits per heavy atom. The van der Waals surface area contributed by atoms with Crippen molar-refractivity contribution in [2.45, 2.75) is 52.9 Å². The quantitative estimate of drug-likeness (QED) is 0.799. The Morgan fingerprint density at radius 2 is 1.61 bits per heavy atom. The van der Waals surface area contributed by atoms with Crippen LogP contribution < -0.4 is 0 Å². The minimum atomic E-state index is 0.342. The van der Waals surface area contributed by atoms with Gasteiger partial charge in [0.15, 0.2) is 0 Å². The molecule has 3 aliphatic rings. The summed E-state index contributed by atoms with van der Waals surface area (Å²) >= 11 is 0. The minimum Gasteiger partial charge on any atom is -0.341 e. The predicted octanol–water partition coefficient (Wildman–Crippen LogP) is 2.69. The van der Waals surface area contributed by atoms with Gasteiger partial charge in [-0.15, -0.1) is 0 Å². The lowest BCUT2D eigenvalue weighted by Crippen LogP contribution is -2.62. The zero-order valence-electron chi connectivity index (χ0n) is 15.8. The Balaban J connectivity index is 0.000000924. The number of likely N-dealkylation sites (tertiary alicyclic amines) is 3. The number of hydrogen-bond donors (Lipinski definition) is 0. The summed E-state index contributed by atoms with van der Waals surface area (Å²) in [6.07, 6.45) is 6.01. The molecule has 0 saturated carbocycles. The van der Waals surface area contributed by atoms with Gasteiger partial charge in [-0.2, -0.15) is 0 Å². The molecule has 0 aromatic rings. The molecule has 4 heteroatoms. The zero-order chi connectivity index (χ0) is 16.9. The first-order valence-corrected chi connectivity index (χ1v) is 9.79. The molecule has 1 spiro atoms. The molecule has 0 N–H and O–H groups in total. The molecule has 0 atom stereocenters. The second-order valence-electron chi connectivity index (χ2n) is 7.65. The van der Waals surface area contributed by atoms with Crippen molar-refractivity contribution in [2.75, 3.05) is 52.9 Å². The first-order chi connectivity index (χ1) is 11.1. The molecule has 0 aliphatic carbocycles. The largest absolute Gasteiger partial charge is 0.341 e. The number of rotatable bonds is 3. The van der Waals surface area contributed by atoms with Gasteiger partial charge in [0.1, 0.15) is 0 Å². The fourth-order valence-electron chi connectivity index (χ4n) is 4.30. The monoisotopic (exact) mass is 323 g/mol. The highest BCUT2D eigenvalue weighted by Crippen LogP contribution is 2.40. The van der Waals surface area contributed by atoms with Crippen molar-refractivity contribution in [1.82, 2.24) is 14.7 Å². The van der Waals surface area contributed by atoms with E-state index in [0.717, 1.165) is 19.0 Å². The highest BCUT2D eigenvalue weighted by molar-refractivity contribution is 5.76. The van der Waals surface area contributed by atoms with Crippen LogP contribution in [0.3, 0.4) is 0 Å². The molecule has 0 aromatic carbocycles. The van der Waals surface area contributed by atoms with E-state index in [1.165, 1.54) is 58.4 Å². The molecule has 23 heavy (non-hydrogen) atoms. The lowest BCUT2D eigenvalue weighted by Gasteiger charge is -2.54. The van der Waals surface area contributed by atoms with Gasteiger partial charge in [0.2, 0.25) is 5.91 Å². The fourth-order valence-corrected chi connectivity index (χ4v) is 4.30. The standard InChI is InChI=1S/C17H31N3O.C2H6/c1-3-16(21)20-13-17(14-20)6-10-19(11-7-17)12-15-4-8-18(2)9-5-15;1-2/h15H,3-14H2,1-2H3;1-2H3. The van der Waals surface area contributed by atoms with E-state index >= 15 is 0 Å². The average Bonchev–Trinajstić information content (AvgIpc) is 2.57. The highest BCUT2D eigenvalue weighted by Gasteiger charge is 2.46. The molecule has 3 aliphatic heterocycles. The zero-order valence-corrected chi connectivity index (χ0v) is 15.8. The van der Waals surface area contributed by atoms with Crippen LogP contribution in [0.25, 0.3) is 0 Å². The van der Waals surface area contributed by atoms with E-state index in [1.807, 2.05) is 20.8 Å². The molecule has 3 fully saturated rings. The van der Waals surface area contributed by atoms with Crippen LogP contribution in [0.15, 0.2) is 0 Å². The fraction of sp³-hybridized carbons (Fsp3) is 0.947. The van der Waals surface area contributed by atoms with E-state index in [-0.39, 0.29) is 0 Å². The maximum absolute atomic E-state index is 11.7. The Kier molecular flexibility index (Phi) is 6.90. The summed E-state index contributed by atoms with van der Waals surface area (Å²) in [6, 6.07) is 0. The molecule has 3 saturated heterocycles. The number of carbonyl (C=O) groups excluding carboxylic acids is 1. The number of amides is 1. The number of hydrogen-bond acceptors (Lipinski definition) is 3. The SMILES string of the molecule is CC.CCC(=O)N1CC2(CCN(CC3CCN(C)CC3)CC2)C1. The third-order valence-corrected chi connectivity index (χ3v) is 5.98. The molecule has 3 heterocycles. The van der Waals surface area contributed by atoms with Gasteiger partial charge >= 0.3 is 0 Å². The summed E-state index contributed by atoms with van der Waals surface area (Å²) in [5.41, 5.74) is 0.480. The van der Waals surface area contributed by atoms with Crippen molar-refractivity contribution in [3.63, 3.8) is 0 Å². The van der Waals surface area contributed by atoms with Crippen molar-refractivity contribution in [2.24, 2.45) is 11.3 Å². The molecule has 3 rings (SSSR count). The molecular weight excluding hydrogens is 286 g/mol. The third kappa shape index (κ3) is 4.69. The summed E-state index contributed by atoms with van der Waals surface area (Å²) in [5, 5.41) is 0. The maximum atomic E-state index is 11.7. The molecule has 4 nitrogen and oxygen atoms in total. The minimum absolute atomic E-state index is 0.342. The van der Waals surface area contributed by atoms with E-state index in [0.29, 0.717) is 17.7 Å². The number of carbonyl (C=O) groups is 1. The van der Waals surface area contributed by atoms with Crippen molar-refractivity contribution in [3.8, 4) is 0 Å². The molecular formula is C19H37N3O. The number of nitrogens with zero attached hydrogens (tertiary/aromatic N) is 3. The number of piperidine rings is 2. The Labute approximate surface area is 143 Å². The van der Waals surface area contributed by atoms with Crippen LogP contribution in [0.2, 0.25) is 0 Å². The lowest BCUT2D eigenvalue weighted by atomic mass is 9.71. The van der Waals surface area contributed by atoms with Gasteiger partial charge in [-0.05, 0) is 64.8 Å². The van der Waals surface area contributed by atoms with Crippen LogP contribution in [0.5, 0.6) is 0 Å². The van der Waals surface area contributed by atoms with Gasteiger partial charge in [0.25, 0.3) is 0 Å². The van der Waals surface area contributed by atoms with E-state index in [9.17, 15) is 4.79 Å². The second-order valence-corrected chi connectivity index (χ2v) is 7.65. The van der Waals surface area contributed by atoms with Gasteiger partial charge in [-0.25, -0.2) is 0 Å². The first-order valence-electron chi connectivity index (χ1n) is 9.79. The van der Waals surface area contributed by atoms with Crippen LogP contribution in [-0.4, -0.2) is 73.5 Å². The first kappa shape index (κ1) is 18.7. The molecule has 0 bridgehead atoms. The van der Waals surface area contributed by atoms with Gasteiger partial charge in [-0.1, -0.05) is 20.8 Å². The maximum Gasteiger partial charge on any atom is 0.222 e. The topological polar surface area (TPSA) is 26.8 Å². The Hall–Kier alpha value is -0.610. The van der Waals surface area contributed by atoms with Crippen molar-refractivity contribution >= 4 is 5.91 Å². The average molecular weight is 324 g/mol. The Morgan fingerprint density at radius 3 is 2.13 bits per heavy atom. The van der Waals surface area contributed by atoms with E-state index < -0.39 is 0 Å². The molecule has 1 amide bonds. The third-order valence-electron chi connectivity index (χ3n) is 5.98. The van der Waals surface area contributed by atoms with Crippen LogP contribution in [0.1, 0.15) is 52.9 Å². The van der Waals surface area contributed by atoms with Crippen molar-refractivity contribution in [1.29, 1.82) is 0 Å². The van der Waals surface area contributed by atoms with Gasteiger partial charge in [-0.3, -0.25) is 4.79 Å². The van der Waals surface area contributed by atoms with E-state index in [2.05, 4.69) is 21.7 Å². The van der Waals surface area contributed by atoms with Crippen LogP contribution >= 0.6 is 0 Å². The van der Waals surface area contributed by atoms with E-state index in [1.54, 1.807) is 0 Å². The van der Waals surface area contributed by atoms with Crippen molar-refractivity contribution in [3.05, 3.63) is 0 Å². The predicted molar refractivity (Wildman–Crippen MR) is 96.5 cm³/mol. The summed E-state index contributed by atoms with van der Waals surface area (Å²) in [4.78, 5) is 18.9. The summed E-state index contributed by atoms with van der Waals surface area (Å²) in [6.45, 7) is 14.4. The van der Waals surface area contributed by atoms with Gasteiger partial charge < -0.3 is 14.7 Å². The van der Waals surface area contributed by atoms with Crippen LogP contribution in [0, 0.1) is 11.3 Å². The van der Waals surface area contributed by atoms with Gasteiger partial charge in [0, 0.05) is 31.5 Å². The molecule has 0 radical (unpaired) electrons. The van der Waals surface area contributed by atoms with Gasteiger partial charge in [0.05, 0.1) is 0 Å². The normalized spacial score (nSPS) is 25.7. The summed E-state index contributed by atoms with van der Waals surface area (Å²) < 4.78 is 0. The summed E-state index contributed by atoms with van der Waals surface area (Å²) in [7, 11) is 2.24. The Bertz CT molecular complexity index is 361.